The Morgan fingerprint density at radius 1 is 2.00 bits per heavy atom. The minimum atomic E-state index is 1.25. The Balaban J connectivity index is 2.85. The molecule has 0 rings (SSSR count). The Morgan fingerprint density at radius 2 is 2.20 bits per heavy atom. The van der Waals surface area contributed by atoms with Crippen molar-refractivity contribution in [1.29, 1.82) is 0 Å². The summed E-state index contributed by atoms with van der Waals surface area (Å²) in [7, 11) is 0. The second kappa shape index (κ2) is 2.95. The zero-order valence-electron chi connectivity index (χ0n) is 3.91. The van der Waals surface area contributed by atoms with E-state index in [-0.39, 0.29) is 0 Å². The maximum atomic E-state index is 3.71. The van der Waals surface area contributed by atoms with Gasteiger partial charge in [-0.2, -0.15) is 0 Å². The van der Waals surface area contributed by atoms with Gasteiger partial charge in [-0.1, -0.05) is 0 Å². The van der Waals surface area contributed by atoms with E-state index < -0.39 is 0 Å². The van der Waals surface area contributed by atoms with Gasteiger partial charge in [0.2, 0.25) is 0 Å². The van der Waals surface area contributed by atoms with Gasteiger partial charge in [0.1, 0.15) is 0 Å². The third-order valence-corrected chi connectivity index (χ3v) is 1.81. The fourth-order valence-corrected chi connectivity index (χ4v) is 0. The van der Waals surface area contributed by atoms with Crippen molar-refractivity contribution < 1.29 is 0 Å². The fourth-order valence-electron chi connectivity index (χ4n) is 0. The molecule has 0 aromatic rings. The second-order valence-electron chi connectivity index (χ2n) is 1.31. The van der Waals surface area contributed by atoms with Gasteiger partial charge in [0.15, 0.2) is 0 Å². The number of hydrogen-bond donors (Lipinski definition) is 0. The molecule has 0 spiro atoms. The van der Waals surface area contributed by atoms with Crippen LogP contribution in [0.15, 0.2) is 12.2 Å². The number of rotatable bonds is 1. The summed E-state index contributed by atoms with van der Waals surface area (Å²) in [5.74, 6) is 0. The molecule has 0 aromatic heterocycles. The van der Waals surface area contributed by atoms with Gasteiger partial charge >= 0.3 is 50.7 Å². The molecule has 0 aliphatic rings. The molecule has 0 saturated heterocycles. The molecule has 0 fully saturated rings. The molecule has 0 saturated carbocycles. The maximum absolute atomic E-state index is 3.71. The Bertz CT molecular complexity index is 38.9. The quantitative estimate of drug-likeness (QED) is 0.326. The molecule has 1 heteroatoms. The monoisotopic (exact) mass is 78.0 g/mol. The molecule has 0 nitrogen and oxygen atoms in total. The van der Waals surface area contributed by atoms with Gasteiger partial charge in [-0.05, 0) is 0 Å². The van der Waals surface area contributed by atoms with E-state index in [4.69, 9.17) is 0 Å². The second-order valence-corrected chi connectivity index (χ2v) is 2.02. The molecule has 0 N–H and O–H groups in total. The van der Waals surface area contributed by atoms with Crippen molar-refractivity contribution in [1.82, 2.24) is 0 Å². The third-order valence-electron chi connectivity index (χ3n) is 0.604. The Kier molecular flexibility index (Phi) is 3.39. The SMILES string of the molecule is C=C(C)[CH2][Na]. The van der Waals surface area contributed by atoms with Gasteiger partial charge in [-0.3, -0.25) is 0 Å². The van der Waals surface area contributed by atoms with E-state index in [1.165, 1.54) is 37.2 Å². The van der Waals surface area contributed by atoms with E-state index >= 15 is 0 Å². The summed E-state index contributed by atoms with van der Waals surface area (Å²) in [6.07, 6.45) is 0. The molecule has 0 aliphatic carbocycles. The molecule has 0 unspecified atom stereocenters. The van der Waals surface area contributed by atoms with Crippen LogP contribution in [0, 0.1) is 0 Å². The first-order valence-electron chi connectivity index (χ1n) is 1.91. The van der Waals surface area contributed by atoms with E-state index in [9.17, 15) is 0 Å². The summed E-state index contributed by atoms with van der Waals surface area (Å²) in [6.45, 7) is 5.77. The van der Waals surface area contributed by atoms with Gasteiger partial charge in [0.05, 0.1) is 0 Å². The molecule has 0 aliphatic heterocycles. The topological polar surface area (TPSA) is 0 Å². The van der Waals surface area contributed by atoms with Crippen LogP contribution in [0.3, 0.4) is 0 Å². The van der Waals surface area contributed by atoms with Crippen LogP contribution in [0.2, 0.25) is 3.67 Å². The van der Waals surface area contributed by atoms with Crippen molar-refractivity contribution >= 4 is 27.9 Å². The van der Waals surface area contributed by atoms with Gasteiger partial charge < -0.3 is 0 Å². The van der Waals surface area contributed by atoms with Crippen molar-refractivity contribution in [3.05, 3.63) is 12.2 Å². The summed E-state index contributed by atoms with van der Waals surface area (Å²) < 4.78 is 1.25. The van der Waals surface area contributed by atoms with Crippen LogP contribution in [-0.4, -0.2) is 27.9 Å². The minimum absolute atomic E-state index is 1.25. The zero-order valence-corrected chi connectivity index (χ0v) is 5.91. The summed E-state index contributed by atoms with van der Waals surface area (Å²) in [5, 5.41) is 0. The summed E-state index contributed by atoms with van der Waals surface area (Å²) >= 11 is 1.27. The van der Waals surface area contributed by atoms with Crippen molar-refractivity contribution in [2.45, 2.75) is 10.6 Å². The molecular formula is C4H7Na. The van der Waals surface area contributed by atoms with E-state index in [1.807, 2.05) is 0 Å². The van der Waals surface area contributed by atoms with Crippen LogP contribution in [0.4, 0.5) is 0 Å². The number of allylic oxidation sites excluding steroid dienone is 1. The summed E-state index contributed by atoms with van der Waals surface area (Å²) in [5.41, 5.74) is 1.32. The first-order chi connectivity index (χ1) is 2.27. The molecule has 0 bridgehead atoms. The van der Waals surface area contributed by atoms with E-state index in [0.29, 0.717) is 0 Å². The molecule has 0 atom stereocenters. The summed E-state index contributed by atoms with van der Waals surface area (Å²) in [4.78, 5) is 0. The van der Waals surface area contributed by atoms with Crippen LogP contribution in [0.5, 0.6) is 0 Å². The van der Waals surface area contributed by atoms with Crippen molar-refractivity contribution in [2.24, 2.45) is 0 Å². The standard InChI is InChI=1S/C4H7.Na/c1-4(2)3;/h1-2H2,3H3;. The summed E-state index contributed by atoms with van der Waals surface area (Å²) in [6, 6.07) is 0. The fraction of sp³-hybridized carbons (Fsp3) is 0.500. The zero-order chi connectivity index (χ0) is 4.28. The molecule has 0 radical (unpaired) electrons. The van der Waals surface area contributed by atoms with Gasteiger partial charge in [-0.25, -0.2) is 0 Å². The van der Waals surface area contributed by atoms with Crippen molar-refractivity contribution in [3.8, 4) is 0 Å². The average molecular weight is 78.1 g/mol. The van der Waals surface area contributed by atoms with Gasteiger partial charge in [0, 0.05) is 0 Å². The van der Waals surface area contributed by atoms with E-state index in [1.54, 1.807) is 0 Å². The average Bonchev–Trinajstić information content (AvgIpc) is 1.38. The first kappa shape index (κ1) is 5.74. The van der Waals surface area contributed by atoms with Crippen LogP contribution < -0.4 is 0 Å². The van der Waals surface area contributed by atoms with E-state index in [2.05, 4.69) is 13.5 Å². The van der Waals surface area contributed by atoms with E-state index in [0.717, 1.165) is 0 Å². The van der Waals surface area contributed by atoms with Crippen LogP contribution in [0.1, 0.15) is 6.92 Å². The van der Waals surface area contributed by atoms with Gasteiger partial charge in [0.25, 0.3) is 0 Å². The molecule has 24 valence electrons. The molecule has 0 aromatic carbocycles. The Morgan fingerprint density at radius 3 is 2.20 bits per heavy atom. The molecule has 0 amide bonds. The molecule has 0 heterocycles. The third kappa shape index (κ3) is 4.74. The van der Waals surface area contributed by atoms with Crippen molar-refractivity contribution in [2.75, 3.05) is 0 Å². The Labute approximate surface area is 50.7 Å². The predicted octanol–water partition coefficient (Wildman–Crippen LogP) is 1.15. The normalized spacial score (nSPS) is 7.80. The first-order valence-corrected chi connectivity index (χ1v) is 3.33. The van der Waals surface area contributed by atoms with Crippen molar-refractivity contribution in [3.63, 3.8) is 0 Å². The Hall–Kier alpha value is 0.740. The molecular weight excluding hydrogens is 71.0 g/mol. The van der Waals surface area contributed by atoms with Crippen LogP contribution in [0.25, 0.3) is 0 Å². The van der Waals surface area contributed by atoms with Crippen LogP contribution in [-0.2, 0) is 0 Å². The van der Waals surface area contributed by atoms with Crippen LogP contribution >= 0.6 is 0 Å². The predicted molar refractivity (Wildman–Crippen MR) is 25.4 cm³/mol. The molecule has 5 heavy (non-hydrogen) atoms. The number of hydrogen-bond acceptors (Lipinski definition) is 0. The van der Waals surface area contributed by atoms with Gasteiger partial charge in [-0.15, -0.1) is 0 Å².